The molecule has 0 aliphatic rings. The maximum Gasteiger partial charge on any atom is 0.418 e. The van der Waals surface area contributed by atoms with Crippen molar-refractivity contribution < 1.29 is 18.1 Å². The van der Waals surface area contributed by atoms with Gasteiger partial charge in [-0.1, -0.05) is 23.7 Å². The van der Waals surface area contributed by atoms with Crippen molar-refractivity contribution in [3.05, 3.63) is 69.5 Å². The van der Waals surface area contributed by atoms with E-state index in [1.54, 1.807) is 0 Å². The van der Waals surface area contributed by atoms with Gasteiger partial charge >= 0.3 is 6.18 Å². The summed E-state index contributed by atoms with van der Waals surface area (Å²) in [4.78, 5) is 14.3. The Morgan fingerprint density at radius 1 is 1.16 bits per heavy atom. The van der Waals surface area contributed by atoms with Gasteiger partial charge in [-0.05, 0) is 24.3 Å². The van der Waals surface area contributed by atoms with Crippen molar-refractivity contribution in [2.45, 2.75) is 6.18 Å². The van der Waals surface area contributed by atoms with Gasteiger partial charge in [-0.2, -0.15) is 18.3 Å². The molecule has 0 N–H and O–H groups in total. The van der Waals surface area contributed by atoms with Gasteiger partial charge in [0.05, 0.1) is 16.2 Å². The van der Waals surface area contributed by atoms with E-state index in [0.717, 1.165) is 23.1 Å². The molecule has 1 heterocycles. The van der Waals surface area contributed by atoms with Crippen molar-refractivity contribution in [1.29, 1.82) is 0 Å². The van der Waals surface area contributed by atoms with E-state index in [0.29, 0.717) is 0 Å². The minimum atomic E-state index is -4.59. The van der Waals surface area contributed by atoms with Gasteiger partial charge in [-0.3, -0.25) is 10.1 Å². The molecule has 128 valence electrons. The van der Waals surface area contributed by atoms with Crippen LogP contribution in [-0.2, 0) is 6.18 Å². The number of benzene rings is 2. The van der Waals surface area contributed by atoms with Gasteiger partial charge < -0.3 is 0 Å². The van der Waals surface area contributed by atoms with Crippen molar-refractivity contribution >= 4 is 17.3 Å². The molecule has 0 bridgehead atoms. The van der Waals surface area contributed by atoms with Crippen LogP contribution in [0.15, 0.2) is 48.8 Å². The zero-order valence-electron chi connectivity index (χ0n) is 12.2. The fourth-order valence-corrected chi connectivity index (χ4v) is 2.49. The monoisotopic (exact) mass is 368 g/mol. The minimum Gasteiger partial charge on any atom is -0.258 e. The van der Waals surface area contributed by atoms with Crippen LogP contribution in [0.2, 0.25) is 5.02 Å². The molecule has 6 nitrogen and oxygen atoms in total. The number of aromatic nitrogens is 3. The Morgan fingerprint density at radius 2 is 1.88 bits per heavy atom. The molecule has 0 aliphatic carbocycles. The molecule has 0 saturated heterocycles. The molecule has 3 aromatic rings. The van der Waals surface area contributed by atoms with Crippen LogP contribution in [0.3, 0.4) is 0 Å². The zero-order valence-corrected chi connectivity index (χ0v) is 13.0. The van der Waals surface area contributed by atoms with E-state index < -0.39 is 16.7 Å². The highest BCUT2D eigenvalue weighted by Gasteiger charge is 2.34. The third kappa shape index (κ3) is 3.18. The number of halogens is 4. The number of nitro groups is 1. The van der Waals surface area contributed by atoms with Gasteiger partial charge in [0.25, 0.3) is 5.69 Å². The third-order valence-electron chi connectivity index (χ3n) is 3.39. The Kier molecular flexibility index (Phi) is 4.17. The lowest BCUT2D eigenvalue weighted by atomic mass is 10.1. The van der Waals surface area contributed by atoms with Crippen LogP contribution < -0.4 is 0 Å². The van der Waals surface area contributed by atoms with E-state index >= 15 is 0 Å². The summed E-state index contributed by atoms with van der Waals surface area (Å²) in [5, 5.41) is 14.8. The molecule has 0 amide bonds. The molecule has 0 atom stereocenters. The predicted molar refractivity (Wildman–Crippen MR) is 83.5 cm³/mol. The lowest BCUT2D eigenvalue weighted by Crippen LogP contribution is -2.12. The van der Waals surface area contributed by atoms with Crippen molar-refractivity contribution in [1.82, 2.24) is 14.8 Å². The van der Waals surface area contributed by atoms with E-state index in [1.807, 2.05) is 0 Å². The summed E-state index contributed by atoms with van der Waals surface area (Å²) in [6, 6.07) is 8.70. The summed E-state index contributed by atoms with van der Waals surface area (Å²) in [6.45, 7) is 0. The van der Waals surface area contributed by atoms with E-state index in [9.17, 15) is 23.3 Å². The average Bonchev–Trinajstić information content (AvgIpc) is 3.03. The number of nitrogens with zero attached hydrogens (tertiary/aromatic N) is 4. The highest BCUT2D eigenvalue weighted by molar-refractivity contribution is 6.32. The summed E-state index contributed by atoms with van der Waals surface area (Å²) in [7, 11) is 0. The molecule has 0 radical (unpaired) electrons. The Bertz CT molecular complexity index is 956. The molecular formula is C15H8ClF3N4O2. The van der Waals surface area contributed by atoms with Gasteiger partial charge in [0.15, 0.2) is 5.82 Å². The van der Waals surface area contributed by atoms with Gasteiger partial charge in [0, 0.05) is 11.6 Å². The number of alkyl halides is 3. The van der Waals surface area contributed by atoms with Crippen LogP contribution in [0.1, 0.15) is 5.56 Å². The third-order valence-corrected chi connectivity index (χ3v) is 3.71. The highest BCUT2D eigenvalue weighted by atomic mass is 35.5. The molecule has 1 aromatic heterocycles. The fraction of sp³-hybridized carbons (Fsp3) is 0.0667. The SMILES string of the molecule is O=[N+]([O-])c1cc(-c2ncnn2-c2ccccc2C(F)(F)F)ccc1Cl. The highest BCUT2D eigenvalue weighted by Crippen LogP contribution is 2.35. The quantitative estimate of drug-likeness (QED) is 0.503. The second kappa shape index (κ2) is 6.17. The normalized spacial score (nSPS) is 11.5. The van der Waals surface area contributed by atoms with Crippen LogP contribution in [-0.4, -0.2) is 19.7 Å². The van der Waals surface area contributed by atoms with Crippen molar-refractivity contribution in [2.24, 2.45) is 0 Å². The van der Waals surface area contributed by atoms with Crippen LogP contribution in [0.5, 0.6) is 0 Å². The summed E-state index contributed by atoms with van der Waals surface area (Å²) >= 11 is 5.76. The molecule has 0 unspecified atom stereocenters. The Labute approximate surface area is 143 Å². The number of nitro benzene ring substituents is 1. The Balaban J connectivity index is 2.19. The van der Waals surface area contributed by atoms with Crippen LogP contribution >= 0.6 is 11.6 Å². The summed E-state index contributed by atoms with van der Waals surface area (Å²) in [6.07, 6.45) is -3.52. The fourth-order valence-electron chi connectivity index (χ4n) is 2.30. The van der Waals surface area contributed by atoms with Gasteiger partial charge in [-0.25, -0.2) is 9.67 Å². The maximum atomic E-state index is 13.2. The molecule has 0 fully saturated rings. The Morgan fingerprint density at radius 3 is 2.56 bits per heavy atom. The van der Waals surface area contributed by atoms with Gasteiger partial charge in [0.1, 0.15) is 11.3 Å². The largest absolute Gasteiger partial charge is 0.418 e. The molecule has 3 rings (SSSR count). The van der Waals surface area contributed by atoms with Gasteiger partial charge in [-0.15, -0.1) is 0 Å². The minimum absolute atomic E-state index is 0.0245. The molecule has 0 aliphatic heterocycles. The molecule has 0 saturated carbocycles. The second-order valence-electron chi connectivity index (χ2n) is 4.93. The molecule has 0 spiro atoms. The van der Waals surface area contributed by atoms with E-state index in [-0.39, 0.29) is 27.8 Å². The second-order valence-corrected chi connectivity index (χ2v) is 5.34. The summed E-state index contributed by atoms with van der Waals surface area (Å²) in [5.41, 5.74) is -1.30. The first kappa shape index (κ1) is 16.9. The first-order valence-corrected chi connectivity index (χ1v) is 7.18. The lowest BCUT2D eigenvalue weighted by Gasteiger charge is -2.14. The molecule has 2 aromatic carbocycles. The molecule has 10 heteroatoms. The summed E-state index contributed by atoms with van der Waals surface area (Å²) in [5.74, 6) is 0.0245. The number of para-hydroxylation sites is 1. The first-order valence-electron chi connectivity index (χ1n) is 6.80. The van der Waals surface area contributed by atoms with Gasteiger partial charge in [0.2, 0.25) is 0 Å². The Hall–Kier alpha value is -2.94. The van der Waals surface area contributed by atoms with E-state index in [2.05, 4.69) is 10.1 Å². The molecular weight excluding hydrogens is 361 g/mol. The van der Waals surface area contributed by atoms with Crippen molar-refractivity contribution in [2.75, 3.05) is 0 Å². The predicted octanol–water partition coefficient (Wildman–Crippen LogP) is 4.51. The van der Waals surface area contributed by atoms with Crippen LogP contribution in [0.25, 0.3) is 17.1 Å². The number of hydrogen-bond donors (Lipinski definition) is 0. The number of hydrogen-bond acceptors (Lipinski definition) is 4. The van der Waals surface area contributed by atoms with Crippen LogP contribution in [0.4, 0.5) is 18.9 Å². The number of rotatable bonds is 3. The standard InChI is InChI=1S/C15H8ClF3N4O2/c16-11-6-5-9(7-13(11)23(24)25)14-20-8-21-22(14)12-4-2-1-3-10(12)15(17,18)19/h1-8H. The smallest absolute Gasteiger partial charge is 0.258 e. The van der Waals surface area contributed by atoms with Crippen molar-refractivity contribution in [3.8, 4) is 17.1 Å². The van der Waals surface area contributed by atoms with E-state index in [4.69, 9.17) is 11.6 Å². The average molecular weight is 369 g/mol. The van der Waals surface area contributed by atoms with Crippen LogP contribution in [0, 0.1) is 10.1 Å². The zero-order chi connectivity index (χ0) is 18.2. The van der Waals surface area contributed by atoms with Crippen molar-refractivity contribution in [3.63, 3.8) is 0 Å². The maximum absolute atomic E-state index is 13.2. The van der Waals surface area contributed by atoms with E-state index in [1.165, 1.54) is 30.3 Å². The first-order chi connectivity index (χ1) is 11.8. The summed E-state index contributed by atoms with van der Waals surface area (Å²) < 4.78 is 40.7. The molecule has 25 heavy (non-hydrogen) atoms. The lowest BCUT2D eigenvalue weighted by molar-refractivity contribution is -0.384. The topological polar surface area (TPSA) is 73.8 Å².